The highest BCUT2D eigenvalue weighted by molar-refractivity contribution is 14.1. The van der Waals surface area contributed by atoms with Crippen molar-refractivity contribution in [1.29, 1.82) is 0 Å². The largest absolute Gasteiger partial charge is 0.385 e. The number of rotatable bonds is 4. The van der Waals surface area contributed by atoms with Crippen LogP contribution >= 0.6 is 50.1 Å². The van der Waals surface area contributed by atoms with Crippen LogP contribution in [0.3, 0.4) is 0 Å². The van der Waals surface area contributed by atoms with E-state index in [4.69, 9.17) is 11.6 Å². The van der Waals surface area contributed by atoms with Gasteiger partial charge in [0.1, 0.15) is 6.10 Å². The van der Waals surface area contributed by atoms with E-state index in [9.17, 15) is 13.5 Å². The molecule has 0 saturated heterocycles. The summed E-state index contributed by atoms with van der Waals surface area (Å²) in [7, 11) is -3.56. The zero-order valence-electron chi connectivity index (χ0n) is 8.90. The normalized spacial score (nSPS) is 17.5. The molecule has 0 aromatic heterocycles. The van der Waals surface area contributed by atoms with Crippen molar-refractivity contribution in [1.82, 2.24) is 0 Å². The molecule has 17 heavy (non-hydrogen) atoms. The van der Waals surface area contributed by atoms with Crippen LogP contribution in [0.1, 0.15) is 18.6 Å². The fraction of sp³-hybridized carbons (Fsp3) is 0.400. The van der Waals surface area contributed by atoms with Crippen molar-refractivity contribution >= 4 is 60.0 Å². The molecule has 0 amide bonds. The van der Waals surface area contributed by atoms with E-state index in [1.165, 1.54) is 6.92 Å². The monoisotopic (exact) mass is 452 g/mol. The number of alkyl halides is 2. The van der Waals surface area contributed by atoms with Crippen LogP contribution in [-0.4, -0.2) is 21.5 Å². The van der Waals surface area contributed by atoms with E-state index in [0.717, 1.165) is 4.47 Å². The zero-order chi connectivity index (χ0) is 13.3. The second-order valence-electron chi connectivity index (χ2n) is 3.42. The Bertz CT molecular complexity index is 487. The van der Waals surface area contributed by atoms with Crippen LogP contribution in [0.25, 0.3) is 0 Å². The van der Waals surface area contributed by atoms with Crippen molar-refractivity contribution in [3.8, 4) is 0 Å². The van der Waals surface area contributed by atoms with Gasteiger partial charge in [-0.1, -0.05) is 46.6 Å². The Kier molecular flexibility index (Phi) is 5.29. The summed E-state index contributed by atoms with van der Waals surface area (Å²) in [5.41, 5.74) is 0.467. The Morgan fingerprint density at radius 2 is 1.94 bits per heavy atom. The molecular weight excluding hydrogens is 442 g/mol. The smallest absolute Gasteiger partial charge is 0.225 e. The first-order valence-corrected chi connectivity index (χ1v) is 8.66. The van der Waals surface area contributed by atoms with E-state index >= 15 is 0 Å². The molecular formula is C10H11BrClIO3S. The predicted octanol–water partition coefficient (Wildman–Crippen LogP) is 3.24. The van der Waals surface area contributed by atoms with Crippen molar-refractivity contribution in [2.75, 3.05) is 5.75 Å². The zero-order valence-corrected chi connectivity index (χ0v) is 14.2. The third kappa shape index (κ3) is 3.34. The third-order valence-corrected chi connectivity index (χ3v) is 8.15. The van der Waals surface area contributed by atoms with Gasteiger partial charge in [0.15, 0.2) is 9.84 Å². The van der Waals surface area contributed by atoms with Crippen molar-refractivity contribution in [3.05, 3.63) is 34.3 Å². The summed E-state index contributed by atoms with van der Waals surface area (Å²) in [6.07, 6.45) is -1.28. The van der Waals surface area contributed by atoms with Crippen LogP contribution in [0.4, 0.5) is 0 Å². The Morgan fingerprint density at radius 1 is 1.47 bits per heavy atom. The average molecular weight is 454 g/mol. The number of hydrogen-bond acceptors (Lipinski definition) is 3. The van der Waals surface area contributed by atoms with Crippen molar-refractivity contribution in [2.24, 2.45) is 0 Å². The molecule has 3 nitrogen and oxygen atoms in total. The molecule has 0 heterocycles. The van der Waals surface area contributed by atoms with Crippen LogP contribution in [0, 0.1) is 0 Å². The molecule has 1 aromatic rings. The van der Waals surface area contributed by atoms with Gasteiger partial charge in [-0.15, -0.1) is 0 Å². The van der Waals surface area contributed by atoms with E-state index < -0.39 is 18.2 Å². The van der Waals surface area contributed by atoms with Gasteiger partial charge in [0.25, 0.3) is 0 Å². The Balaban J connectivity index is 3.12. The molecule has 0 saturated carbocycles. The summed E-state index contributed by atoms with van der Waals surface area (Å²) >= 11 is 10.8. The maximum Gasteiger partial charge on any atom is 0.225 e. The maximum atomic E-state index is 11.8. The minimum Gasteiger partial charge on any atom is -0.385 e. The lowest BCUT2D eigenvalue weighted by Gasteiger charge is -2.25. The van der Waals surface area contributed by atoms with Gasteiger partial charge in [0.05, 0.1) is 5.75 Å². The molecule has 7 heteroatoms. The summed E-state index contributed by atoms with van der Waals surface area (Å²) in [6.45, 7) is 1.50. The van der Waals surface area contributed by atoms with Gasteiger partial charge in [-0.3, -0.25) is 0 Å². The number of hydrogen-bond donors (Lipinski definition) is 1. The molecule has 0 unspecified atom stereocenters. The second-order valence-corrected chi connectivity index (χ2v) is 10.7. The molecule has 1 N–H and O–H groups in total. The van der Waals surface area contributed by atoms with Crippen LogP contribution < -0.4 is 0 Å². The van der Waals surface area contributed by atoms with Crippen LogP contribution in [0.5, 0.6) is 0 Å². The Morgan fingerprint density at radius 3 is 2.35 bits per heavy atom. The highest BCUT2D eigenvalue weighted by atomic mass is 127. The van der Waals surface area contributed by atoms with E-state index in [-0.39, 0.29) is 5.75 Å². The molecule has 0 bridgehead atoms. The summed E-state index contributed by atoms with van der Waals surface area (Å²) in [5, 5.41) is 10.1. The molecule has 0 spiro atoms. The van der Waals surface area contributed by atoms with Gasteiger partial charge in [0.2, 0.25) is 2.21 Å². The lowest BCUT2D eigenvalue weighted by atomic mass is 10.1. The van der Waals surface area contributed by atoms with Gasteiger partial charge < -0.3 is 5.11 Å². The van der Waals surface area contributed by atoms with Gasteiger partial charge in [0, 0.05) is 4.47 Å². The topological polar surface area (TPSA) is 54.4 Å². The van der Waals surface area contributed by atoms with Crippen LogP contribution in [0.15, 0.2) is 28.7 Å². The molecule has 1 rings (SSSR count). The summed E-state index contributed by atoms with van der Waals surface area (Å²) in [6, 6.07) is 6.72. The molecule has 0 fully saturated rings. The molecule has 96 valence electrons. The fourth-order valence-electron chi connectivity index (χ4n) is 1.20. The maximum absolute atomic E-state index is 11.8. The van der Waals surface area contributed by atoms with Crippen molar-refractivity contribution in [2.45, 2.75) is 15.2 Å². The van der Waals surface area contributed by atoms with E-state index in [2.05, 4.69) is 15.9 Å². The number of aliphatic hydroxyl groups is 1. The summed E-state index contributed by atoms with van der Waals surface area (Å²) in [4.78, 5) is 0. The van der Waals surface area contributed by atoms with E-state index in [0.29, 0.717) is 5.56 Å². The fourth-order valence-corrected chi connectivity index (χ4v) is 4.07. The number of sulfone groups is 1. The van der Waals surface area contributed by atoms with Gasteiger partial charge >= 0.3 is 0 Å². The van der Waals surface area contributed by atoms with Gasteiger partial charge in [-0.2, -0.15) is 0 Å². The van der Waals surface area contributed by atoms with Crippen LogP contribution in [-0.2, 0) is 9.84 Å². The van der Waals surface area contributed by atoms with E-state index in [1.807, 2.05) is 0 Å². The highest BCUT2D eigenvalue weighted by Crippen LogP contribution is 2.43. The second kappa shape index (κ2) is 5.73. The molecule has 0 radical (unpaired) electrons. The minimum atomic E-state index is -3.56. The summed E-state index contributed by atoms with van der Waals surface area (Å²) < 4.78 is 22.7. The number of benzene rings is 1. The first-order valence-electron chi connectivity index (χ1n) is 4.76. The highest BCUT2D eigenvalue weighted by Gasteiger charge is 2.45. The molecule has 0 aliphatic heterocycles. The first kappa shape index (κ1) is 15.7. The quantitative estimate of drug-likeness (QED) is 0.563. The lowest BCUT2D eigenvalue weighted by Crippen LogP contribution is -2.34. The molecule has 0 aliphatic rings. The average Bonchev–Trinajstić information content (AvgIpc) is 2.28. The lowest BCUT2D eigenvalue weighted by molar-refractivity contribution is 0.187. The van der Waals surface area contributed by atoms with E-state index in [1.54, 1.807) is 46.9 Å². The number of halogens is 3. The van der Waals surface area contributed by atoms with Gasteiger partial charge in [-0.25, -0.2) is 8.42 Å². The third-order valence-electron chi connectivity index (χ3n) is 2.30. The number of aliphatic hydroxyl groups excluding tert-OH is 1. The Labute approximate surface area is 128 Å². The Hall–Kier alpha value is 0.630. The molecule has 0 aliphatic carbocycles. The SMILES string of the molecule is CCS(=O)(=O)[C@@](Cl)(I)[C@@H](O)c1ccc(Br)cc1. The van der Waals surface area contributed by atoms with Gasteiger partial charge in [-0.05, 0) is 40.3 Å². The van der Waals surface area contributed by atoms with Crippen LogP contribution in [0.2, 0.25) is 0 Å². The predicted molar refractivity (Wildman–Crippen MR) is 81.2 cm³/mol. The van der Waals surface area contributed by atoms with Crippen molar-refractivity contribution < 1.29 is 13.5 Å². The molecule has 1 aromatic carbocycles. The van der Waals surface area contributed by atoms with Crippen molar-refractivity contribution in [3.63, 3.8) is 0 Å². The minimum absolute atomic E-state index is 0.118. The summed E-state index contributed by atoms with van der Waals surface area (Å²) in [5.74, 6) is -0.118. The standard InChI is InChI=1S/C10H11BrClIO3S/c1-2-17(15,16)10(12,13)9(14)7-3-5-8(11)6-4-7/h3-6,9,14H,2H2,1H3/t9-,10-/m0/s1. The first-order chi connectivity index (χ1) is 7.72. The molecule has 2 atom stereocenters.